The molecular weight excluding hydrogens is 659 g/mol. The average Bonchev–Trinajstić information content (AvgIpc) is 3.81. The van der Waals surface area contributed by atoms with Crippen molar-refractivity contribution < 1.29 is 33.3 Å². The lowest BCUT2D eigenvalue weighted by Gasteiger charge is -2.36. The number of likely N-dealkylation sites (N-methyl/N-ethyl adjacent to an activating group) is 4. The lowest BCUT2D eigenvalue weighted by atomic mass is 9.80. The van der Waals surface area contributed by atoms with Crippen LogP contribution in [0.1, 0.15) is 63.4 Å². The van der Waals surface area contributed by atoms with Crippen molar-refractivity contribution in [3.8, 4) is 0 Å². The highest BCUT2D eigenvalue weighted by Crippen LogP contribution is 2.38. The van der Waals surface area contributed by atoms with Gasteiger partial charge in [0.2, 0.25) is 18.2 Å². The van der Waals surface area contributed by atoms with E-state index in [2.05, 4.69) is 16.0 Å². The van der Waals surface area contributed by atoms with E-state index in [0.29, 0.717) is 73.0 Å². The zero-order valence-corrected chi connectivity index (χ0v) is 30.2. The first kappa shape index (κ1) is 39.4. The van der Waals surface area contributed by atoms with E-state index in [1.165, 1.54) is 4.90 Å². The average molecular weight is 711 g/mol. The first-order chi connectivity index (χ1) is 22.7. The fourth-order valence-corrected chi connectivity index (χ4v) is 6.59. The summed E-state index contributed by atoms with van der Waals surface area (Å²) in [6, 6.07) is 2.79. The van der Waals surface area contributed by atoms with Crippen LogP contribution in [0.5, 0.6) is 0 Å². The molecule has 3 rings (SSSR count). The van der Waals surface area contributed by atoms with Gasteiger partial charge in [0.05, 0.1) is 20.1 Å². The Kier molecular flexibility index (Phi) is 14.4. The summed E-state index contributed by atoms with van der Waals surface area (Å²) < 4.78 is -0.267. The van der Waals surface area contributed by atoms with Crippen LogP contribution < -0.4 is 16.0 Å². The number of quaternary nitrogens is 1. The summed E-state index contributed by atoms with van der Waals surface area (Å²) >= 11 is 12.7. The summed E-state index contributed by atoms with van der Waals surface area (Å²) in [5, 5.41) is 9.33. The number of hydrogen-bond acceptors (Lipinski definition) is 7. The van der Waals surface area contributed by atoms with Crippen molar-refractivity contribution in [2.24, 2.45) is 5.92 Å². The summed E-state index contributed by atoms with van der Waals surface area (Å²) in [5.41, 5.74) is -0.441. The number of carbonyl (C=O) groups is 6. The van der Waals surface area contributed by atoms with Crippen molar-refractivity contribution in [1.29, 1.82) is 0 Å². The Balaban J connectivity index is 1.59. The second-order valence-electron chi connectivity index (χ2n) is 13.7. The number of carbonyl (C=O) groups excluding carboxylic acids is 6. The maximum Gasteiger partial charge on any atom is 0.327 e. The Morgan fingerprint density at radius 2 is 1.77 bits per heavy atom. The topological polar surface area (TPSA) is 145 Å². The lowest BCUT2D eigenvalue weighted by Crippen LogP contribution is -2.64. The molecule has 12 nitrogen and oxygen atoms in total. The van der Waals surface area contributed by atoms with Gasteiger partial charge >= 0.3 is 5.91 Å². The van der Waals surface area contributed by atoms with E-state index in [1.807, 2.05) is 0 Å². The third-order valence-corrected chi connectivity index (χ3v) is 10.6. The molecule has 3 N–H and O–H groups in total. The summed E-state index contributed by atoms with van der Waals surface area (Å²) in [6.07, 6.45) is 7.69. The molecule has 1 aromatic rings. The Bertz CT molecular complexity index is 1330. The third-order valence-electron chi connectivity index (χ3n) is 9.95. The van der Waals surface area contributed by atoms with E-state index in [-0.39, 0.29) is 35.2 Å². The third kappa shape index (κ3) is 9.99. The van der Waals surface area contributed by atoms with Gasteiger partial charge in [0, 0.05) is 37.1 Å². The predicted octanol–water partition coefficient (Wildman–Crippen LogP) is 2.34. The largest absolute Gasteiger partial charge is 0.347 e. The number of aldehydes is 1. The van der Waals surface area contributed by atoms with E-state index in [0.717, 1.165) is 25.5 Å². The molecule has 2 saturated carbocycles. The second-order valence-corrected chi connectivity index (χ2v) is 14.6. The van der Waals surface area contributed by atoms with Gasteiger partial charge in [-0.05, 0) is 75.3 Å². The lowest BCUT2D eigenvalue weighted by molar-refractivity contribution is -0.830. The molecule has 14 heteroatoms. The van der Waals surface area contributed by atoms with Crippen LogP contribution in [-0.4, -0.2) is 123 Å². The van der Waals surface area contributed by atoms with Gasteiger partial charge in [0.1, 0.15) is 24.4 Å². The smallest absolute Gasteiger partial charge is 0.327 e. The minimum atomic E-state index is -1.06. The van der Waals surface area contributed by atoms with Crippen LogP contribution in [-0.2, 0) is 35.2 Å². The van der Waals surface area contributed by atoms with Gasteiger partial charge in [0.15, 0.2) is 6.04 Å². The molecule has 0 aromatic heterocycles. The number of benzene rings is 1. The quantitative estimate of drug-likeness (QED) is 0.107. The number of unbranched alkanes of at least 4 members (excludes halogenated alkanes) is 1. The Morgan fingerprint density at radius 3 is 2.33 bits per heavy atom. The molecular formula is C34H51Cl2N6O6+. The maximum absolute atomic E-state index is 13.9. The maximum atomic E-state index is 13.9. The van der Waals surface area contributed by atoms with Crippen molar-refractivity contribution in [1.82, 2.24) is 25.8 Å². The van der Waals surface area contributed by atoms with Crippen molar-refractivity contribution >= 4 is 59.5 Å². The molecule has 266 valence electrons. The van der Waals surface area contributed by atoms with E-state index >= 15 is 0 Å². The molecule has 2 aliphatic rings. The molecule has 48 heavy (non-hydrogen) atoms. The molecule has 0 spiro atoms. The Hall–Kier alpha value is -3.06. The number of rotatable bonds is 20. The van der Waals surface area contributed by atoms with Crippen LogP contribution in [0.25, 0.3) is 0 Å². The van der Waals surface area contributed by atoms with Gasteiger partial charge in [-0.2, -0.15) is 0 Å². The van der Waals surface area contributed by atoms with Crippen LogP contribution in [0, 0.1) is 5.92 Å². The van der Waals surface area contributed by atoms with Gasteiger partial charge in [-0.3, -0.25) is 23.7 Å². The minimum Gasteiger partial charge on any atom is -0.347 e. The monoisotopic (exact) mass is 709 g/mol. The molecule has 0 heterocycles. The molecule has 2 fully saturated rings. The highest BCUT2D eigenvalue weighted by atomic mass is 35.5. The number of halogens is 2. The van der Waals surface area contributed by atoms with E-state index in [4.69, 9.17) is 23.2 Å². The first-order valence-corrected chi connectivity index (χ1v) is 17.4. The summed E-state index contributed by atoms with van der Waals surface area (Å²) in [4.78, 5) is 79.8. The predicted molar refractivity (Wildman–Crippen MR) is 184 cm³/mol. The zero-order valence-electron chi connectivity index (χ0n) is 28.7. The van der Waals surface area contributed by atoms with E-state index in [9.17, 15) is 28.8 Å². The van der Waals surface area contributed by atoms with Crippen molar-refractivity contribution in [3.63, 3.8) is 0 Å². The fraction of sp³-hybridized carbons (Fsp3) is 0.647. The van der Waals surface area contributed by atoms with Crippen molar-refractivity contribution in [2.45, 2.75) is 87.9 Å². The second kappa shape index (κ2) is 17.6. The van der Waals surface area contributed by atoms with Crippen LogP contribution in [0.4, 0.5) is 0 Å². The van der Waals surface area contributed by atoms with Gasteiger partial charge in [0.25, 0.3) is 5.91 Å². The highest BCUT2D eigenvalue weighted by molar-refractivity contribution is 6.33. The van der Waals surface area contributed by atoms with Crippen LogP contribution in [0.2, 0.25) is 10.0 Å². The van der Waals surface area contributed by atoms with Crippen LogP contribution >= 0.6 is 23.2 Å². The standard InChI is InChI=1S/C34H50Cl2N6O6/c1-37-20-30(45)42(4,5)29(19-24-18-25(35)12-13-27(24)36)31(46)39-34(14-15-34)33(48)40(2)16-7-6-11-26(21-43)41(3)32(47)28(38-22-44)17-23-9-8-10-23/h12-13,18,21-23,26,28-29,37H,6-11,14-17,19-20H2,1-5H3,(H-,38,39,44,46)/p+1/t26?,28?,29-/m0/s1. The summed E-state index contributed by atoms with van der Waals surface area (Å²) in [6.45, 7) is 0.443. The molecule has 0 radical (unpaired) electrons. The number of hydrogen-bond donors (Lipinski definition) is 3. The molecule has 0 aliphatic heterocycles. The Morgan fingerprint density at radius 1 is 1.08 bits per heavy atom. The molecule has 3 atom stereocenters. The molecule has 0 bridgehead atoms. The number of nitrogens with zero attached hydrogens (tertiary/aromatic N) is 3. The van der Waals surface area contributed by atoms with E-state index < -0.39 is 29.6 Å². The normalized spacial score (nSPS) is 17.2. The molecule has 5 amide bonds. The Labute approximate surface area is 293 Å². The first-order valence-electron chi connectivity index (χ1n) is 16.7. The van der Waals surface area contributed by atoms with Gasteiger partial charge in [-0.15, -0.1) is 0 Å². The molecule has 2 aliphatic carbocycles. The fourth-order valence-electron chi connectivity index (χ4n) is 6.20. The van der Waals surface area contributed by atoms with Crippen LogP contribution in [0.15, 0.2) is 18.2 Å². The van der Waals surface area contributed by atoms with Gasteiger partial charge < -0.3 is 30.5 Å². The minimum absolute atomic E-state index is 0.0540. The van der Waals surface area contributed by atoms with Crippen LogP contribution in [0.3, 0.4) is 0 Å². The van der Waals surface area contributed by atoms with Crippen molar-refractivity contribution in [3.05, 3.63) is 33.8 Å². The molecule has 1 aromatic carbocycles. The summed E-state index contributed by atoms with van der Waals surface area (Å²) in [7, 11) is 8.25. The van der Waals surface area contributed by atoms with Gasteiger partial charge in [-0.1, -0.05) is 42.5 Å². The summed E-state index contributed by atoms with van der Waals surface area (Å²) in [5.74, 6) is -0.740. The highest BCUT2D eigenvalue weighted by Gasteiger charge is 2.54. The zero-order chi connectivity index (χ0) is 35.6. The number of amides is 5. The number of nitrogens with one attached hydrogen (secondary N) is 3. The van der Waals surface area contributed by atoms with Gasteiger partial charge in [-0.25, -0.2) is 4.79 Å². The van der Waals surface area contributed by atoms with Crippen molar-refractivity contribution in [2.75, 3.05) is 48.3 Å². The SMILES string of the molecule is CNCC(=O)[N+](C)(C)[C@@H](Cc1cc(Cl)ccc1Cl)C(=O)NC1(C(=O)N(C)CCCCC(C=O)N(C)C(=O)C(CC2CCC2)NC=O)CC1. The molecule has 0 saturated heterocycles. The van der Waals surface area contributed by atoms with E-state index in [1.54, 1.807) is 58.3 Å². The molecule has 2 unspecified atom stereocenters.